The number of aromatic hydroxyl groups is 2. The molecule has 2 heterocycles. The maximum Gasteiger partial charge on any atom is 0.245 e. The van der Waals surface area contributed by atoms with Crippen molar-refractivity contribution in [3.05, 3.63) is 124 Å². The lowest BCUT2D eigenvalue weighted by Gasteiger charge is -2.29. The summed E-state index contributed by atoms with van der Waals surface area (Å²) in [4.78, 5) is 114. The van der Waals surface area contributed by atoms with Crippen LogP contribution >= 0.6 is 33.2 Å². The predicted octanol–water partition coefficient (Wildman–Crippen LogP) is 0.297. The molecular formula is C57H75ClN12O11S2. The molecule has 83 heavy (non-hydrogen) atoms. The van der Waals surface area contributed by atoms with E-state index < -0.39 is 102 Å². The molecule has 2 aliphatic heterocycles. The Kier molecular flexibility index (Phi) is 25.6. The Hall–Kier alpha value is -7.13. The van der Waals surface area contributed by atoms with Gasteiger partial charge in [0.05, 0.1) is 12.1 Å². The fourth-order valence-corrected chi connectivity index (χ4v) is 11.6. The van der Waals surface area contributed by atoms with E-state index in [0.717, 1.165) is 46.7 Å². The first kappa shape index (κ1) is 65.0. The third kappa shape index (κ3) is 21.2. The van der Waals surface area contributed by atoms with Gasteiger partial charge in [0.25, 0.3) is 0 Å². The molecule has 0 saturated carbocycles. The topological polar surface area (TPSA) is 384 Å². The Morgan fingerprint density at radius 3 is 1.81 bits per heavy atom. The van der Waals surface area contributed by atoms with Crippen molar-refractivity contribution in [1.29, 1.82) is 0 Å². The van der Waals surface area contributed by atoms with Crippen molar-refractivity contribution < 1.29 is 53.7 Å². The third-order valence-corrected chi connectivity index (χ3v) is 16.6. The van der Waals surface area contributed by atoms with E-state index in [4.69, 9.17) is 28.8 Å². The average Bonchev–Trinajstić information content (AvgIpc) is 3.99. The molecule has 18 N–H and O–H groups in total. The predicted molar refractivity (Wildman–Crippen MR) is 319 cm³/mol. The van der Waals surface area contributed by atoms with Crippen molar-refractivity contribution in [1.82, 2.24) is 42.5 Å². The largest absolute Gasteiger partial charge is 0.508 e. The van der Waals surface area contributed by atoms with Crippen LogP contribution in [0.4, 0.5) is 5.69 Å². The van der Waals surface area contributed by atoms with Gasteiger partial charge in [-0.15, -0.1) is 0 Å². The van der Waals surface area contributed by atoms with E-state index in [-0.39, 0.29) is 61.7 Å². The molecule has 8 amide bonds. The highest BCUT2D eigenvalue weighted by Gasteiger charge is 2.36. The molecule has 23 nitrogen and oxygen atoms in total. The maximum absolute atomic E-state index is 14.9. The minimum atomic E-state index is -1.73. The number of amides is 8. The molecule has 0 aliphatic carbocycles. The highest BCUT2D eigenvalue weighted by atomic mass is 35.5. The molecule has 4 aromatic carbocycles. The standard InChI is InChI=1S/C57H75ClN12O11S2/c1-32(71)49-57(81)69-48(55(79)65-44(50(61)74)26-35-11-19-40(72)20-12-35)31-83-82-30-47(68-51(75)42(60)25-33-7-15-37(58)16-8-33)56(80)67-46(28-36-13-21-41(73)22-14-36)54(78)66-45(53(77)64-43(52(76)70-49)6-2-3-23-59)27-34-9-17-38(18-10-34)63-29-39-5-4-24-62-39/h7-22,32,39,42-49,62-63,71-73H,2-6,23-31,59-60H2,1H3,(H2,61,74)(H,64,77)(H,65,79)(H,66,78)(H,67,80)(H,68,75)(H,69,81)(H,70,76)/t32-,39?,42+,43+,44-,45-,46+,47-,48+,49+/m1/s1. The smallest absolute Gasteiger partial charge is 0.245 e. The van der Waals surface area contributed by atoms with Crippen molar-refractivity contribution in [3.8, 4) is 11.5 Å². The molecule has 2 saturated heterocycles. The Bertz CT molecular complexity index is 2820. The molecule has 6 rings (SSSR count). The molecule has 1 unspecified atom stereocenters. The number of unbranched alkanes of at least 4 members (excludes halogenated alkanes) is 1. The number of rotatable bonds is 21. The van der Waals surface area contributed by atoms with Gasteiger partial charge in [0, 0.05) is 54.1 Å². The van der Waals surface area contributed by atoms with Crippen LogP contribution in [-0.4, -0.2) is 154 Å². The van der Waals surface area contributed by atoms with Gasteiger partial charge in [0.1, 0.15) is 53.8 Å². The van der Waals surface area contributed by atoms with Gasteiger partial charge < -0.3 is 80.4 Å². The zero-order valence-corrected chi connectivity index (χ0v) is 48.3. The van der Waals surface area contributed by atoms with E-state index in [9.17, 15) is 53.7 Å². The molecule has 4 aromatic rings. The molecular weight excluding hydrogens is 1130 g/mol. The van der Waals surface area contributed by atoms with Crippen LogP contribution in [-0.2, 0) is 64.0 Å². The molecule has 0 radical (unpaired) electrons. The summed E-state index contributed by atoms with van der Waals surface area (Å²) in [6.45, 7) is 3.10. The van der Waals surface area contributed by atoms with E-state index in [2.05, 4.69) is 47.9 Å². The second-order valence-corrected chi connectivity index (χ2v) is 23.6. The number of hydrogen-bond donors (Lipinski definition) is 15. The number of carbonyl (C=O) groups excluding carboxylic acids is 8. The Balaban J connectivity index is 1.37. The number of nitrogens with one attached hydrogen (secondary N) is 9. The molecule has 2 aliphatic rings. The van der Waals surface area contributed by atoms with Crippen molar-refractivity contribution in [2.24, 2.45) is 17.2 Å². The second-order valence-electron chi connectivity index (χ2n) is 20.6. The molecule has 10 atom stereocenters. The molecule has 26 heteroatoms. The number of primary amides is 1. The zero-order valence-electron chi connectivity index (χ0n) is 45.9. The van der Waals surface area contributed by atoms with Crippen LogP contribution in [0.3, 0.4) is 0 Å². The van der Waals surface area contributed by atoms with Gasteiger partial charge in [0.15, 0.2) is 0 Å². The van der Waals surface area contributed by atoms with E-state index >= 15 is 0 Å². The quantitative estimate of drug-likeness (QED) is 0.0394. The summed E-state index contributed by atoms with van der Waals surface area (Å²) in [5, 5.41) is 57.1. The normalized spacial score (nSPS) is 22.5. The number of aliphatic hydroxyl groups excluding tert-OH is 1. The number of benzene rings is 4. The van der Waals surface area contributed by atoms with Crippen LogP contribution in [0.5, 0.6) is 11.5 Å². The highest BCUT2D eigenvalue weighted by molar-refractivity contribution is 8.76. The number of halogens is 1. The van der Waals surface area contributed by atoms with Crippen LogP contribution in [0.2, 0.25) is 5.02 Å². The number of carbonyl (C=O) groups is 8. The second kappa shape index (κ2) is 32.6. The summed E-state index contributed by atoms with van der Waals surface area (Å²) in [5.41, 5.74) is 21.1. The summed E-state index contributed by atoms with van der Waals surface area (Å²) < 4.78 is 0. The molecule has 0 bridgehead atoms. The van der Waals surface area contributed by atoms with Gasteiger partial charge in [-0.05, 0) is 129 Å². The number of phenols is 2. The monoisotopic (exact) mass is 1200 g/mol. The van der Waals surface area contributed by atoms with E-state index in [1.54, 1.807) is 48.5 Å². The fraction of sp³-hybridized carbons (Fsp3) is 0.439. The van der Waals surface area contributed by atoms with Gasteiger partial charge in [-0.1, -0.05) is 81.7 Å². The fourth-order valence-electron chi connectivity index (χ4n) is 9.16. The molecule has 0 aromatic heterocycles. The van der Waals surface area contributed by atoms with Gasteiger partial charge in [0.2, 0.25) is 47.3 Å². The van der Waals surface area contributed by atoms with Crippen molar-refractivity contribution in [2.45, 2.75) is 125 Å². The highest BCUT2D eigenvalue weighted by Crippen LogP contribution is 2.25. The van der Waals surface area contributed by atoms with E-state index in [1.165, 1.54) is 43.3 Å². The van der Waals surface area contributed by atoms with Gasteiger partial charge in [-0.3, -0.25) is 38.4 Å². The minimum Gasteiger partial charge on any atom is -0.508 e. The van der Waals surface area contributed by atoms with Crippen molar-refractivity contribution in [3.63, 3.8) is 0 Å². The lowest BCUT2D eigenvalue weighted by Crippen LogP contribution is -2.62. The zero-order chi connectivity index (χ0) is 60.0. The summed E-state index contributed by atoms with van der Waals surface area (Å²) >= 11 is 6.09. The molecule has 0 spiro atoms. The molecule has 2 fully saturated rings. The number of hydrogen-bond acceptors (Lipinski definition) is 17. The number of phenolic OH excluding ortho intramolecular Hbond substituents is 2. The molecule has 448 valence electrons. The Morgan fingerprint density at radius 1 is 0.687 bits per heavy atom. The van der Waals surface area contributed by atoms with Gasteiger partial charge in [-0.2, -0.15) is 0 Å². The SMILES string of the molecule is C[C@@H](O)[C@@H]1NC(=O)[C@H](CCCCN)NC(=O)[C@@H](Cc2ccc(NCC3CCCN3)cc2)NC(=O)[C@H](Cc2ccc(O)cc2)NC(=O)[C@H](NC(=O)[C@@H](N)Cc2ccc(Cl)cc2)CSSC[C@@H](C(=O)N[C@H](Cc2ccc(O)cc2)C(N)=O)NC1=O. The summed E-state index contributed by atoms with van der Waals surface area (Å²) in [5.74, 6) is -7.65. The summed E-state index contributed by atoms with van der Waals surface area (Å²) in [6.07, 6.45) is 0.887. The van der Waals surface area contributed by atoms with Crippen LogP contribution < -0.4 is 65.1 Å². The average molecular weight is 1200 g/mol. The van der Waals surface area contributed by atoms with Crippen LogP contribution in [0, 0.1) is 0 Å². The van der Waals surface area contributed by atoms with E-state index in [1.807, 2.05) is 12.1 Å². The van der Waals surface area contributed by atoms with Crippen LogP contribution in [0.1, 0.15) is 61.3 Å². The first-order valence-electron chi connectivity index (χ1n) is 27.4. The third-order valence-electron chi connectivity index (χ3n) is 14.0. The van der Waals surface area contributed by atoms with Crippen molar-refractivity contribution in [2.75, 3.05) is 36.5 Å². The number of aliphatic hydroxyl groups is 1. The lowest BCUT2D eigenvalue weighted by molar-refractivity contribution is -0.136. The van der Waals surface area contributed by atoms with Crippen LogP contribution in [0.15, 0.2) is 97.1 Å². The van der Waals surface area contributed by atoms with Crippen molar-refractivity contribution >= 4 is 86.1 Å². The maximum atomic E-state index is 14.9. The van der Waals surface area contributed by atoms with Crippen LogP contribution in [0.25, 0.3) is 0 Å². The summed E-state index contributed by atoms with van der Waals surface area (Å²) in [7, 11) is 1.95. The summed E-state index contributed by atoms with van der Waals surface area (Å²) in [6, 6.07) is 14.5. The number of nitrogens with two attached hydrogens (primary N) is 3. The number of anilines is 1. The Labute approximate surface area is 494 Å². The first-order valence-corrected chi connectivity index (χ1v) is 30.3. The first-order chi connectivity index (χ1) is 39.7. The minimum absolute atomic E-state index is 0.00969. The van der Waals surface area contributed by atoms with Gasteiger partial charge >= 0.3 is 0 Å². The van der Waals surface area contributed by atoms with Gasteiger partial charge in [-0.25, -0.2) is 0 Å². The lowest BCUT2D eigenvalue weighted by atomic mass is 10.0. The van der Waals surface area contributed by atoms with E-state index in [0.29, 0.717) is 52.7 Å². The Morgan fingerprint density at radius 2 is 1.23 bits per heavy atom.